The van der Waals surface area contributed by atoms with E-state index in [1.54, 1.807) is 0 Å². The van der Waals surface area contributed by atoms with E-state index in [-0.39, 0.29) is 0 Å². The molecule has 0 spiro atoms. The fraction of sp³-hybridized carbons (Fsp3) is 0.923. The van der Waals surface area contributed by atoms with E-state index in [9.17, 15) is 0 Å². The lowest BCUT2D eigenvalue weighted by Gasteiger charge is -2.43. The van der Waals surface area contributed by atoms with Crippen LogP contribution in [-0.4, -0.2) is 23.0 Å². The Morgan fingerprint density at radius 2 is 1.14 bits per heavy atom. The number of rotatable bonds is 20. The number of hydrogen-bond acceptors (Lipinski definition) is 1. The fourth-order valence-corrected chi connectivity index (χ4v) is 7.41. The molecule has 0 radical (unpaired) electrons. The van der Waals surface area contributed by atoms with Crippen LogP contribution in [0.25, 0.3) is 0 Å². The molecule has 0 aromatic carbocycles. The van der Waals surface area contributed by atoms with E-state index >= 15 is 0 Å². The molecule has 0 aromatic heterocycles. The van der Waals surface area contributed by atoms with E-state index in [0.29, 0.717) is 16.4 Å². The molecule has 0 amide bonds. The van der Waals surface area contributed by atoms with Crippen molar-refractivity contribution in [3.8, 4) is 0 Å². The molecule has 0 aliphatic carbocycles. The number of epoxide rings is 1. The molecule has 2 heteroatoms. The van der Waals surface area contributed by atoms with Crippen molar-refractivity contribution in [2.45, 2.75) is 147 Å². The van der Waals surface area contributed by atoms with E-state index in [1.165, 1.54) is 103 Å². The largest absolute Gasteiger partial charge is 0.372 e. The Balaban J connectivity index is 2.99. The highest BCUT2D eigenvalue weighted by Gasteiger charge is 2.49. The summed E-state index contributed by atoms with van der Waals surface area (Å²) in [5.74, 6) is 0. The standard InChI is InChI=1S/C26H51OP/c1-6-11-15-19-25(10-5,20-16-12-7-2)28-26(24-23-27-24,21-17-13-8-3)22-18-14-9-4/h10,24,28H,5-9,11-23H2,1-4H3. The van der Waals surface area contributed by atoms with Gasteiger partial charge in [-0.25, -0.2) is 0 Å². The van der Waals surface area contributed by atoms with Crippen LogP contribution in [-0.2, 0) is 4.74 Å². The zero-order valence-electron chi connectivity index (χ0n) is 19.8. The normalized spacial score (nSPS) is 17.5. The van der Waals surface area contributed by atoms with Crippen molar-refractivity contribution in [3.05, 3.63) is 12.7 Å². The van der Waals surface area contributed by atoms with Crippen molar-refractivity contribution in [2.75, 3.05) is 6.61 Å². The van der Waals surface area contributed by atoms with Crippen LogP contribution in [0.4, 0.5) is 0 Å². The molecule has 28 heavy (non-hydrogen) atoms. The van der Waals surface area contributed by atoms with Gasteiger partial charge in [0.15, 0.2) is 0 Å². The Hall–Kier alpha value is 0.130. The van der Waals surface area contributed by atoms with Crippen LogP contribution in [0.2, 0.25) is 0 Å². The maximum Gasteiger partial charge on any atom is 0.0902 e. The third kappa shape index (κ3) is 9.30. The molecule has 0 bridgehead atoms. The quantitative estimate of drug-likeness (QED) is 0.0843. The van der Waals surface area contributed by atoms with Crippen LogP contribution in [0.15, 0.2) is 12.7 Å². The summed E-state index contributed by atoms with van der Waals surface area (Å²) in [5, 5.41) is 0.783. The van der Waals surface area contributed by atoms with Gasteiger partial charge in [-0.3, -0.25) is 0 Å². The Bertz CT molecular complexity index is 368. The topological polar surface area (TPSA) is 12.5 Å². The highest BCUT2D eigenvalue weighted by atomic mass is 31.1. The minimum Gasteiger partial charge on any atom is -0.372 e. The zero-order chi connectivity index (χ0) is 20.7. The van der Waals surface area contributed by atoms with Gasteiger partial charge in [-0.1, -0.05) is 111 Å². The minimum atomic E-state index is 0.356. The Morgan fingerprint density at radius 3 is 1.46 bits per heavy atom. The summed E-state index contributed by atoms with van der Waals surface area (Å²) >= 11 is 0. The molecule has 0 N–H and O–H groups in total. The summed E-state index contributed by atoms with van der Waals surface area (Å²) in [4.78, 5) is 0. The van der Waals surface area contributed by atoms with Crippen LogP contribution in [0, 0.1) is 0 Å². The maximum atomic E-state index is 6.05. The first-order valence-corrected chi connectivity index (χ1v) is 13.7. The van der Waals surface area contributed by atoms with Gasteiger partial charge in [0.2, 0.25) is 0 Å². The number of allylic oxidation sites excluding steroid dienone is 1. The molecule has 2 unspecified atom stereocenters. The minimum absolute atomic E-state index is 0.356. The lowest BCUT2D eigenvalue weighted by Crippen LogP contribution is -2.37. The first kappa shape index (κ1) is 26.2. The summed E-state index contributed by atoms with van der Waals surface area (Å²) in [6.07, 6.45) is 24.6. The van der Waals surface area contributed by atoms with Gasteiger partial charge < -0.3 is 4.74 Å². The van der Waals surface area contributed by atoms with Crippen LogP contribution >= 0.6 is 8.58 Å². The smallest absolute Gasteiger partial charge is 0.0902 e. The molecular formula is C26H51OP. The van der Waals surface area contributed by atoms with Crippen LogP contribution in [0.5, 0.6) is 0 Å². The summed E-state index contributed by atoms with van der Waals surface area (Å²) in [5.41, 5.74) is 0. The van der Waals surface area contributed by atoms with Crippen molar-refractivity contribution in [3.63, 3.8) is 0 Å². The van der Waals surface area contributed by atoms with Gasteiger partial charge >= 0.3 is 0 Å². The molecule has 0 saturated carbocycles. The molecule has 1 aliphatic rings. The average Bonchev–Trinajstić information content (AvgIpc) is 3.54. The molecular weight excluding hydrogens is 359 g/mol. The highest BCUT2D eigenvalue weighted by Crippen LogP contribution is 2.58. The summed E-state index contributed by atoms with van der Waals surface area (Å²) in [6, 6.07) is 0. The Labute approximate surface area is 179 Å². The first-order valence-electron chi connectivity index (χ1n) is 12.7. The van der Waals surface area contributed by atoms with E-state index in [0.717, 1.165) is 15.2 Å². The highest BCUT2D eigenvalue weighted by molar-refractivity contribution is 7.42. The molecule has 1 aliphatic heterocycles. The number of ether oxygens (including phenoxy) is 1. The van der Waals surface area contributed by atoms with Gasteiger partial charge in [-0.2, -0.15) is 0 Å². The van der Waals surface area contributed by atoms with Crippen LogP contribution < -0.4 is 0 Å². The van der Waals surface area contributed by atoms with Gasteiger partial charge in [0.25, 0.3) is 0 Å². The lowest BCUT2D eigenvalue weighted by atomic mass is 9.90. The molecule has 2 atom stereocenters. The Kier molecular flexibility index (Phi) is 14.0. The SMILES string of the molecule is C=CC(CCCCC)(CCCCC)PC(CCCCC)(CCCCC)C1CO1. The van der Waals surface area contributed by atoms with Gasteiger partial charge in [0, 0.05) is 10.3 Å². The van der Waals surface area contributed by atoms with E-state index in [1.807, 2.05) is 0 Å². The molecule has 1 heterocycles. The Morgan fingerprint density at radius 1 is 0.750 bits per heavy atom. The van der Waals surface area contributed by atoms with E-state index in [2.05, 4.69) is 40.3 Å². The molecule has 1 rings (SSSR count). The molecule has 166 valence electrons. The first-order chi connectivity index (χ1) is 13.6. The predicted octanol–water partition coefficient (Wildman–Crippen LogP) is 9.05. The maximum absolute atomic E-state index is 6.05. The number of unbranched alkanes of at least 4 members (excludes halogenated alkanes) is 8. The summed E-state index contributed by atoms with van der Waals surface area (Å²) in [7, 11) is 1.000. The monoisotopic (exact) mass is 410 g/mol. The van der Waals surface area contributed by atoms with Gasteiger partial charge in [0.05, 0.1) is 12.7 Å². The van der Waals surface area contributed by atoms with Crippen molar-refractivity contribution < 1.29 is 4.74 Å². The molecule has 1 fully saturated rings. The third-order valence-corrected chi connectivity index (χ3v) is 9.27. The van der Waals surface area contributed by atoms with E-state index < -0.39 is 0 Å². The number of hydrogen-bond donors (Lipinski definition) is 0. The summed E-state index contributed by atoms with van der Waals surface area (Å²) < 4.78 is 6.05. The van der Waals surface area contributed by atoms with Crippen LogP contribution in [0.3, 0.4) is 0 Å². The van der Waals surface area contributed by atoms with Gasteiger partial charge in [-0.05, 0) is 25.7 Å². The summed E-state index contributed by atoms with van der Waals surface area (Å²) in [6.45, 7) is 14.7. The fourth-order valence-electron chi connectivity index (χ4n) is 4.78. The van der Waals surface area contributed by atoms with Crippen molar-refractivity contribution in [2.24, 2.45) is 0 Å². The predicted molar refractivity (Wildman–Crippen MR) is 130 cm³/mol. The second-order valence-corrected chi connectivity index (χ2v) is 11.5. The molecule has 0 aromatic rings. The second kappa shape index (κ2) is 15.0. The van der Waals surface area contributed by atoms with Gasteiger partial charge in [-0.15, -0.1) is 15.2 Å². The third-order valence-electron chi connectivity index (χ3n) is 6.74. The molecule has 1 nitrogen and oxygen atoms in total. The van der Waals surface area contributed by atoms with Crippen molar-refractivity contribution in [1.29, 1.82) is 0 Å². The van der Waals surface area contributed by atoms with Crippen molar-refractivity contribution in [1.82, 2.24) is 0 Å². The van der Waals surface area contributed by atoms with Crippen LogP contribution in [0.1, 0.15) is 130 Å². The second-order valence-electron chi connectivity index (χ2n) is 9.29. The average molecular weight is 411 g/mol. The lowest BCUT2D eigenvalue weighted by molar-refractivity contribution is 0.312. The zero-order valence-corrected chi connectivity index (χ0v) is 20.8. The molecule has 1 saturated heterocycles. The van der Waals surface area contributed by atoms with Gasteiger partial charge in [0.1, 0.15) is 0 Å². The van der Waals surface area contributed by atoms with E-state index in [4.69, 9.17) is 4.74 Å². The van der Waals surface area contributed by atoms with Crippen molar-refractivity contribution >= 4 is 8.58 Å².